The van der Waals surface area contributed by atoms with Crippen LogP contribution in [-0.4, -0.2) is 27.7 Å². The molecule has 0 fully saturated rings. The minimum absolute atomic E-state index is 0.0788. The zero-order valence-electron chi connectivity index (χ0n) is 10.6. The van der Waals surface area contributed by atoms with Crippen molar-refractivity contribution in [1.29, 1.82) is 0 Å². The number of hydrogen-bond donors (Lipinski definition) is 2. The second kappa shape index (κ2) is 6.18. The Hall–Kier alpha value is -1.85. The fraction of sp³-hybridized carbons (Fsp3) is 0.583. The molecule has 0 aliphatic rings. The molecule has 2 N–H and O–H groups in total. The number of hydrogen-bond acceptors (Lipinski definition) is 4. The van der Waals surface area contributed by atoms with E-state index in [0.29, 0.717) is 18.5 Å². The van der Waals surface area contributed by atoms with Crippen LogP contribution in [0.5, 0.6) is 0 Å². The SMILES string of the molecule is CCC(CC)(CC(=O)O)NC(=O)Cc1ccon1. The Balaban J connectivity index is 2.65. The van der Waals surface area contributed by atoms with Gasteiger partial charge in [0.1, 0.15) is 6.26 Å². The average Bonchev–Trinajstić information content (AvgIpc) is 2.80. The van der Waals surface area contributed by atoms with E-state index in [1.807, 2.05) is 13.8 Å². The van der Waals surface area contributed by atoms with Gasteiger partial charge in [-0.05, 0) is 12.8 Å². The van der Waals surface area contributed by atoms with Crippen LogP contribution in [0.15, 0.2) is 16.9 Å². The van der Waals surface area contributed by atoms with E-state index in [1.165, 1.54) is 6.26 Å². The molecule has 100 valence electrons. The summed E-state index contributed by atoms with van der Waals surface area (Å²) >= 11 is 0. The number of amides is 1. The van der Waals surface area contributed by atoms with Gasteiger partial charge in [-0.2, -0.15) is 0 Å². The summed E-state index contributed by atoms with van der Waals surface area (Å²) in [6.45, 7) is 3.73. The number of aromatic nitrogens is 1. The molecule has 1 heterocycles. The number of carbonyl (C=O) groups excluding carboxylic acids is 1. The normalized spacial score (nSPS) is 11.2. The van der Waals surface area contributed by atoms with Crippen LogP contribution in [0.4, 0.5) is 0 Å². The van der Waals surface area contributed by atoms with Gasteiger partial charge in [0.2, 0.25) is 5.91 Å². The second-order valence-electron chi connectivity index (χ2n) is 4.27. The van der Waals surface area contributed by atoms with Gasteiger partial charge in [-0.15, -0.1) is 0 Å². The van der Waals surface area contributed by atoms with Crippen molar-refractivity contribution in [3.8, 4) is 0 Å². The molecular formula is C12H18N2O4. The third-order valence-electron chi connectivity index (χ3n) is 3.08. The molecule has 0 aliphatic heterocycles. The summed E-state index contributed by atoms with van der Waals surface area (Å²) in [5, 5.41) is 15.3. The van der Waals surface area contributed by atoms with Gasteiger partial charge in [0.05, 0.1) is 18.5 Å². The summed E-state index contributed by atoms with van der Waals surface area (Å²) in [6, 6.07) is 1.61. The third-order valence-corrected chi connectivity index (χ3v) is 3.08. The molecule has 0 saturated carbocycles. The lowest BCUT2D eigenvalue weighted by Gasteiger charge is -2.31. The van der Waals surface area contributed by atoms with Crippen LogP contribution in [0.1, 0.15) is 38.8 Å². The van der Waals surface area contributed by atoms with E-state index in [9.17, 15) is 9.59 Å². The zero-order valence-corrected chi connectivity index (χ0v) is 10.6. The maximum Gasteiger partial charge on any atom is 0.305 e. The van der Waals surface area contributed by atoms with Crippen LogP contribution in [0.2, 0.25) is 0 Å². The lowest BCUT2D eigenvalue weighted by molar-refractivity contribution is -0.139. The van der Waals surface area contributed by atoms with Gasteiger partial charge in [-0.1, -0.05) is 19.0 Å². The lowest BCUT2D eigenvalue weighted by atomic mass is 9.88. The number of carboxylic acid groups (broad SMARTS) is 1. The summed E-state index contributed by atoms with van der Waals surface area (Å²) in [4.78, 5) is 22.7. The van der Waals surface area contributed by atoms with Gasteiger partial charge >= 0.3 is 5.97 Å². The topological polar surface area (TPSA) is 92.4 Å². The van der Waals surface area contributed by atoms with E-state index >= 15 is 0 Å². The van der Waals surface area contributed by atoms with Crippen LogP contribution >= 0.6 is 0 Å². The molecule has 0 bridgehead atoms. The summed E-state index contributed by atoms with van der Waals surface area (Å²) in [6.07, 6.45) is 2.55. The average molecular weight is 254 g/mol. The van der Waals surface area contributed by atoms with Crippen molar-refractivity contribution in [2.24, 2.45) is 0 Å². The molecule has 6 heteroatoms. The first kappa shape index (κ1) is 14.2. The fourth-order valence-corrected chi connectivity index (χ4v) is 1.84. The van der Waals surface area contributed by atoms with E-state index in [1.54, 1.807) is 6.07 Å². The van der Waals surface area contributed by atoms with E-state index in [2.05, 4.69) is 15.0 Å². The Labute approximate surface area is 105 Å². The Morgan fingerprint density at radius 1 is 1.44 bits per heavy atom. The molecule has 0 spiro atoms. The summed E-state index contributed by atoms with van der Waals surface area (Å²) in [5.74, 6) is -1.16. The third kappa shape index (κ3) is 3.87. The van der Waals surface area contributed by atoms with Crippen molar-refractivity contribution in [2.45, 2.75) is 45.1 Å². The summed E-state index contributed by atoms with van der Waals surface area (Å²) in [5.41, 5.74) is -0.156. The van der Waals surface area contributed by atoms with Crippen LogP contribution in [-0.2, 0) is 16.0 Å². The minimum Gasteiger partial charge on any atom is -0.481 e. The van der Waals surface area contributed by atoms with Crippen molar-refractivity contribution < 1.29 is 19.2 Å². The molecule has 6 nitrogen and oxygen atoms in total. The van der Waals surface area contributed by atoms with Crippen molar-refractivity contribution in [3.63, 3.8) is 0 Å². The zero-order chi connectivity index (χ0) is 13.6. The maximum absolute atomic E-state index is 11.8. The molecular weight excluding hydrogens is 236 g/mol. The van der Waals surface area contributed by atoms with E-state index in [-0.39, 0.29) is 18.7 Å². The predicted octanol–water partition coefficient (Wildman–Crippen LogP) is 1.37. The van der Waals surface area contributed by atoms with Gasteiger partial charge in [-0.3, -0.25) is 9.59 Å². The monoisotopic (exact) mass is 254 g/mol. The predicted molar refractivity (Wildman–Crippen MR) is 63.9 cm³/mol. The molecule has 1 aromatic rings. The van der Waals surface area contributed by atoms with Gasteiger partial charge in [-0.25, -0.2) is 0 Å². The highest BCUT2D eigenvalue weighted by Crippen LogP contribution is 2.20. The number of nitrogens with one attached hydrogen (secondary N) is 1. The quantitative estimate of drug-likeness (QED) is 0.766. The molecule has 0 atom stereocenters. The first-order valence-corrected chi connectivity index (χ1v) is 5.93. The highest BCUT2D eigenvalue weighted by atomic mass is 16.5. The molecule has 0 aromatic carbocycles. The highest BCUT2D eigenvalue weighted by Gasteiger charge is 2.30. The Bertz CT molecular complexity index is 396. The largest absolute Gasteiger partial charge is 0.481 e. The minimum atomic E-state index is -0.916. The number of carbonyl (C=O) groups is 2. The van der Waals surface area contributed by atoms with E-state index < -0.39 is 11.5 Å². The Kier molecular flexibility index (Phi) is 4.88. The molecule has 0 unspecified atom stereocenters. The van der Waals surface area contributed by atoms with Crippen LogP contribution in [0, 0.1) is 0 Å². The smallest absolute Gasteiger partial charge is 0.305 e. The van der Waals surface area contributed by atoms with Gasteiger partial charge < -0.3 is 14.9 Å². The Morgan fingerprint density at radius 3 is 2.56 bits per heavy atom. The van der Waals surface area contributed by atoms with Crippen LogP contribution < -0.4 is 5.32 Å². The Morgan fingerprint density at radius 2 is 2.11 bits per heavy atom. The number of aliphatic carboxylic acids is 1. The molecule has 1 aromatic heterocycles. The van der Waals surface area contributed by atoms with Gasteiger partial charge in [0, 0.05) is 11.6 Å². The van der Waals surface area contributed by atoms with Gasteiger partial charge in [0.15, 0.2) is 0 Å². The maximum atomic E-state index is 11.8. The van der Waals surface area contributed by atoms with Gasteiger partial charge in [0.25, 0.3) is 0 Å². The molecule has 1 amide bonds. The van der Waals surface area contributed by atoms with Crippen molar-refractivity contribution >= 4 is 11.9 Å². The van der Waals surface area contributed by atoms with Crippen LogP contribution in [0.25, 0.3) is 0 Å². The second-order valence-corrected chi connectivity index (χ2v) is 4.27. The first-order valence-electron chi connectivity index (χ1n) is 5.93. The fourth-order valence-electron chi connectivity index (χ4n) is 1.84. The lowest BCUT2D eigenvalue weighted by Crippen LogP contribution is -2.49. The molecule has 18 heavy (non-hydrogen) atoms. The highest BCUT2D eigenvalue weighted by molar-refractivity contribution is 5.80. The van der Waals surface area contributed by atoms with Crippen molar-refractivity contribution in [1.82, 2.24) is 10.5 Å². The van der Waals surface area contributed by atoms with E-state index in [0.717, 1.165) is 0 Å². The molecule has 0 saturated heterocycles. The molecule has 0 radical (unpaired) electrons. The number of nitrogens with zero attached hydrogens (tertiary/aromatic N) is 1. The van der Waals surface area contributed by atoms with E-state index in [4.69, 9.17) is 5.11 Å². The van der Waals surface area contributed by atoms with Crippen molar-refractivity contribution in [3.05, 3.63) is 18.0 Å². The van der Waals surface area contributed by atoms with Crippen molar-refractivity contribution in [2.75, 3.05) is 0 Å². The summed E-state index contributed by atoms with van der Waals surface area (Å²) < 4.78 is 4.64. The summed E-state index contributed by atoms with van der Waals surface area (Å²) in [7, 11) is 0. The standard InChI is InChI=1S/C12H18N2O4/c1-3-12(4-2,8-11(16)17)13-10(15)7-9-5-6-18-14-9/h5-6H,3-4,7-8H2,1-2H3,(H,13,15)(H,16,17). The molecule has 0 aliphatic carbocycles. The number of carboxylic acids is 1. The first-order chi connectivity index (χ1) is 8.51. The van der Waals surface area contributed by atoms with Crippen LogP contribution in [0.3, 0.4) is 0 Å². The number of rotatable bonds is 7. The molecule has 1 rings (SSSR count).